The molecule has 3 heterocycles. The molecule has 4 rings (SSSR count). The van der Waals surface area contributed by atoms with E-state index < -0.39 is 0 Å². The molecular formula is C23H26N6O. The van der Waals surface area contributed by atoms with Crippen molar-refractivity contribution < 1.29 is 4.79 Å². The van der Waals surface area contributed by atoms with Gasteiger partial charge in [0, 0.05) is 57.7 Å². The van der Waals surface area contributed by atoms with E-state index in [9.17, 15) is 4.79 Å². The molecule has 0 radical (unpaired) electrons. The van der Waals surface area contributed by atoms with Gasteiger partial charge in [-0.15, -0.1) is 0 Å². The monoisotopic (exact) mass is 402 g/mol. The van der Waals surface area contributed by atoms with E-state index in [1.807, 2.05) is 86.0 Å². The van der Waals surface area contributed by atoms with Crippen molar-refractivity contribution in [2.75, 3.05) is 60.3 Å². The van der Waals surface area contributed by atoms with Gasteiger partial charge in [-0.05, 0) is 48.5 Å². The van der Waals surface area contributed by atoms with Gasteiger partial charge in [0.2, 0.25) is 0 Å². The summed E-state index contributed by atoms with van der Waals surface area (Å²) in [5, 5.41) is 2.87. The summed E-state index contributed by atoms with van der Waals surface area (Å²) in [5.41, 5.74) is 2.72. The van der Waals surface area contributed by atoms with E-state index in [1.54, 1.807) is 0 Å². The molecule has 7 heteroatoms. The summed E-state index contributed by atoms with van der Waals surface area (Å²) in [5.74, 6) is 1.41. The van der Waals surface area contributed by atoms with Gasteiger partial charge in [-0.25, -0.2) is 9.97 Å². The molecule has 0 bridgehead atoms. The number of hydrogen-bond donors (Lipinski definition) is 1. The molecule has 1 N–H and O–H groups in total. The number of benzene rings is 1. The number of anilines is 4. The van der Waals surface area contributed by atoms with Gasteiger partial charge < -0.3 is 20.0 Å². The van der Waals surface area contributed by atoms with Gasteiger partial charge in [0.25, 0.3) is 5.91 Å². The number of rotatable bonds is 5. The maximum Gasteiger partial charge on any atom is 0.256 e. The Morgan fingerprint density at radius 2 is 1.63 bits per heavy atom. The molecule has 154 valence electrons. The molecule has 0 atom stereocenters. The van der Waals surface area contributed by atoms with Gasteiger partial charge in [-0.3, -0.25) is 4.79 Å². The van der Waals surface area contributed by atoms with Crippen LogP contribution in [-0.4, -0.2) is 56.1 Å². The fourth-order valence-electron chi connectivity index (χ4n) is 3.48. The van der Waals surface area contributed by atoms with E-state index in [-0.39, 0.29) is 5.91 Å². The average molecular weight is 403 g/mol. The van der Waals surface area contributed by atoms with Crippen LogP contribution in [0.5, 0.6) is 0 Å². The Morgan fingerprint density at radius 3 is 2.23 bits per heavy atom. The Balaban J connectivity index is 1.33. The molecule has 0 aliphatic carbocycles. The van der Waals surface area contributed by atoms with E-state index in [4.69, 9.17) is 0 Å². The number of pyridine rings is 2. The van der Waals surface area contributed by atoms with Gasteiger partial charge >= 0.3 is 0 Å². The number of amides is 1. The zero-order valence-corrected chi connectivity index (χ0v) is 17.3. The Kier molecular flexibility index (Phi) is 5.79. The summed E-state index contributed by atoms with van der Waals surface area (Å²) in [6.07, 6.45) is 3.65. The lowest BCUT2D eigenvalue weighted by Gasteiger charge is -2.36. The van der Waals surface area contributed by atoms with Gasteiger partial charge in [-0.2, -0.15) is 0 Å². The fourth-order valence-corrected chi connectivity index (χ4v) is 3.48. The number of hydrogen-bond acceptors (Lipinski definition) is 6. The maximum absolute atomic E-state index is 12.5. The molecule has 7 nitrogen and oxygen atoms in total. The van der Waals surface area contributed by atoms with Crippen LogP contribution in [0.1, 0.15) is 10.4 Å². The second kappa shape index (κ2) is 8.82. The van der Waals surface area contributed by atoms with Crippen LogP contribution in [0.3, 0.4) is 0 Å². The number of nitrogens with zero attached hydrogens (tertiary/aromatic N) is 5. The van der Waals surface area contributed by atoms with E-state index >= 15 is 0 Å². The standard InChI is InChI=1S/C23H26N6O/c1-27(2)19-8-6-18(7-9-19)23(30)26-21-11-10-20(17-25-21)28-13-15-29(16-14-28)22-5-3-4-12-24-22/h3-12,17H,13-16H2,1-2H3,(H,25,26,30). The zero-order chi connectivity index (χ0) is 20.9. The Morgan fingerprint density at radius 1 is 0.900 bits per heavy atom. The second-order valence-corrected chi connectivity index (χ2v) is 7.46. The molecular weight excluding hydrogens is 376 g/mol. The van der Waals surface area contributed by atoms with Crippen molar-refractivity contribution in [3.63, 3.8) is 0 Å². The van der Waals surface area contributed by atoms with Crippen molar-refractivity contribution in [3.8, 4) is 0 Å². The molecule has 1 fully saturated rings. The van der Waals surface area contributed by atoms with E-state index in [2.05, 4.69) is 25.1 Å². The Labute approximate surface area is 177 Å². The number of aromatic nitrogens is 2. The molecule has 1 aliphatic heterocycles. The highest BCUT2D eigenvalue weighted by Crippen LogP contribution is 2.20. The van der Waals surface area contributed by atoms with Crippen LogP contribution in [0, 0.1) is 0 Å². The minimum absolute atomic E-state index is 0.162. The summed E-state index contributed by atoms with van der Waals surface area (Å²) < 4.78 is 0. The van der Waals surface area contributed by atoms with Crippen molar-refractivity contribution in [2.24, 2.45) is 0 Å². The molecule has 30 heavy (non-hydrogen) atoms. The first-order chi connectivity index (χ1) is 14.6. The molecule has 0 spiro atoms. The zero-order valence-electron chi connectivity index (χ0n) is 17.3. The first kappa shape index (κ1) is 19.7. The average Bonchev–Trinajstić information content (AvgIpc) is 2.80. The predicted octanol–water partition coefficient (Wildman–Crippen LogP) is 3.12. The normalized spacial score (nSPS) is 13.8. The molecule has 1 saturated heterocycles. The number of carbonyl (C=O) groups is 1. The molecule has 3 aromatic rings. The molecule has 1 aliphatic rings. The van der Waals surface area contributed by atoms with Gasteiger partial charge in [0.15, 0.2) is 0 Å². The second-order valence-electron chi connectivity index (χ2n) is 7.46. The lowest BCUT2D eigenvalue weighted by Crippen LogP contribution is -2.46. The first-order valence-electron chi connectivity index (χ1n) is 10.1. The van der Waals surface area contributed by atoms with Crippen molar-refractivity contribution in [1.29, 1.82) is 0 Å². The van der Waals surface area contributed by atoms with Crippen molar-refractivity contribution in [3.05, 3.63) is 72.6 Å². The highest BCUT2D eigenvalue weighted by molar-refractivity contribution is 6.04. The third kappa shape index (κ3) is 4.51. The quantitative estimate of drug-likeness (QED) is 0.707. The van der Waals surface area contributed by atoms with Crippen LogP contribution in [-0.2, 0) is 0 Å². The maximum atomic E-state index is 12.5. The van der Waals surface area contributed by atoms with Crippen LogP contribution < -0.4 is 20.0 Å². The van der Waals surface area contributed by atoms with Gasteiger partial charge in [0.1, 0.15) is 11.6 Å². The predicted molar refractivity (Wildman–Crippen MR) is 122 cm³/mol. The number of piperazine rings is 1. The summed E-state index contributed by atoms with van der Waals surface area (Å²) in [6, 6.07) is 17.3. The largest absolute Gasteiger partial charge is 0.378 e. The van der Waals surface area contributed by atoms with E-state index in [1.165, 1.54) is 0 Å². The van der Waals surface area contributed by atoms with Crippen molar-refractivity contribution >= 4 is 28.9 Å². The van der Waals surface area contributed by atoms with Crippen LogP contribution in [0.25, 0.3) is 0 Å². The highest BCUT2D eigenvalue weighted by Gasteiger charge is 2.18. The smallest absolute Gasteiger partial charge is 0.256 e. The van der Waals surface area contributed by atoms with E-state index in [0.717, 1.165) is 43.4 Å². The molecule has 1 aromatic carbocycles. The summed E-state index contributed by atoms with van der Waals surface area (Å²) >= 11 is 0. The highest BCUT2D eigenvalue weighted by atomic mass is 16.1. The Hall–Kier alpha value is -3.61. The SMILES string of the molecule is CN(C)c1ccc(C(=O)Nc2ccc(N3CCN(c4ccccn4)CC3)cn2)cc1. The summed E-state index contributed by atoms with van der Waals surface area (Å²) in [4.78, 5) is 27.9. The van der Waals surface area contributed by atoms with Gasteiger partial charge in [0.05, 0.1) is 11.9 Å². The molecule has 1 amide bonds. The lowest BCUT2D eigenvalue weighted by atomic mass is 10.2. The van der Waals surface area contributed by atoms with Crippen LogP contribution in [0.15, 0.2) is 67.0 Å². The van der Waals surface area contributed by atoms with Gasteiger partial charge in [-0.1, -0.05) is 6.07 Å². The molecule has 0 saturated carbocycles. The summed E-state index contributed by atoms with van der Waals surface area (Å²) in [7, 11) is 3.94. The van der Waals surface area contributed by atoms with Crippen LogP contribution in [0.4, 0.5) is 23.0 Å². The third-order valence-electron chi connectivity index (χ3n) is 5.25. The number of nitrogens with one attached hydrogen (secondary N) is 1. The minimum Gasteiger partial charge on any atom is -0.378 e. The Bertz CT molecular complexity index is 965. The van der Waals surface area contributed by atoms with Crippen molar-refractivity contribution in [2.45, 2.75) is 0 Å². The van der Waals surface area contributed by atoms with Crippen LogP contribution in [0.2, 0.25) is 0 Å². The minimum atomic E-state index is -0.162. The van der Waals surface area contributed by atoms with Crippen molar-refractivity contribution in [1.82, 2.24) is 9.97 Å². The van der Waals surface area contributed by atoms with E-state index in [0.29, 0.717) is 11.4 Å². The fraction of sp³-hybridized carbons (Fsp3) is 0.261. The third-order valence-corrected chi connectivity index (χ3v) is 5.25. The topological polar surface area (TPSA) is 64.6 Å². The van der Waals surface area contributed by atoms with Crippen LogP contribution >= 0.6 is 0 Å². The number of carbonyl (C=O) groups excluding carboxylic acids is 1. The molecule has 0 unspecified atom stereocenters. The molecule has 2 aromatic heterocycles. The summed E-state index contributed by atoms with van der Waals surface area (Å²) in [6.45, 7) is 3.64. The lowest BCUT2D eigenvalue weighted by molar-refractivity contribution is 0.102. The first-order valence-corrected chi connectivity index (χ1v) is 10.1.